The number of hydrogen-bond acceptors (Lipinski definition) is 3. The molecule has 1 aromatic rings. The van der Waals surface area contributed by atoms with Gasteiger partial charge in [0, 0.05) is 6.26 Å². The summed E-state index contributed by atoms with van der Waals surface area (Å²) in [5, 5.41) is 0. The lowest BCUT2D eigenvalue weighted by molar-refractivity contribution is 0.411. The Bertz CT molecular complexity index is 261. The molecule has 12 heavy (non-hydrogen) atoms. The first-order valence-electron chi connectivity index (χ1n) is 3.63. The molecule has 0 fully saturated rings. The Balaban J connectivity index is 2.86. The summed E-state index contributed by atoms with van der Waals surface area (Å²) in [4.78, 5) is 0. The predicted octanol–water partition coefficient (Wildman–Crippen LogP) is 2.66. The van der Waals surface area contributed by atoms with Gasteiger partial charge in [0.2, 0.25) is 0 Å². The smallest absolute Gasteiger partial charge is 0.137 e. The van der Waals surface area contributed by atoms with Crippen LogP contribution in [0.4, 0.5) is 0 Å². The Morgan fingerprint density at radius 2 is 2.08 bits per heavy atom. The third-order valence-electron chi connectivity index (χ3n) is 1.55. The van der Waals surface area contributed by atoms with Gasteiger partial charge in [-0.1, -0.05) is 0 Å². The van der Waals surface area contributed by atoms with Gasteiger partial charge in [0.05, 0.1) is 19.2 Å². The fourth-order valence-corrected chi connectivity index (χ4v) is 1.30. The van der Waals surface area contributed by atoms with Crippen LogP contribution in [0.2, 0.25) is 0 Å². The third-order valence-corrected chi connectivity index (χ3v) is 1.90. The molecule has 0 unspecified atom stereocenters. The van der Waals surface area contributed by atoms with E-state index in [0.717, 1.165) is 17.1 Å². The second-order valence-corrected chi connectivity index (χ2v) is 2.88. The van der Waals surface area contributed by atoms with Gasteiger partial charge in [-0.15, -0.1) is 0 Å². The maximum atomic E-state index is 5.25. The van der Waals surface area contributed by atoms with E-state index in [1.807, 2.05) is 31.4 Å². The van der Waals surface area contributed by atoms with Crippen LogP contribution in [0.1, 0.15) is 5.56 Å². The lowest BCUT2D eigenvalue weighted by atomic mass is 10.2. The average Bonchev–Trinajstić information content (AvgIpc) is 2.05. The zero-order valence-electron chi connectivity index (χ0n) is 7.46. The normalized spacial score (nSPS) is 9.58. The number of ether oxygens (including phenoxy) is 1. The van der Waals surface area contributed by atoms with Crippen molar-refractivity contribution < 1.29 is 8.92 Å². The van der Waals surface area contributed by atoms with Gasteiger partial charge >= 0.3 is 0 Å². The summed E-state index contributed by atoms with van der Waals surface area (Å²) in [7, 11) is 1.66. The zero-order chi connectivity index (χ0) is 8.97. The van der Waals surface area contributed by atoms with Gasteiger partial charge in [0.25, 0.3) is 0 Å². The van der Waals surface area contributed by atoms with Crippen LogP contribution in [0, 0.1) is 6.92 Å². The van der Waals surface area contributed by atoms with Crippen LogP contribution in [0.5, 0.6) is 11.5 Å². The molecule has 0 N–H and O–H groups in total. The summed E-state index contributed by atoms with van der Waals surface area (Å²) in [5.41, 5.74) is 1.09. The minimum absolute atomic E-state index is 0.862. The minimum Gasteiger partial charge on any atom is -0.496 e. The molecule has 0 saturated heterocycles. The molecule has 0 radical (unpaired) electrons. The fraction of sp³-hybridized carbons (Fsp3) is 0.333. The summed E-state index contributed by atoms with van der Waals surface area (Å²) >= 11 is 1.34. The standard InChI is InChI=1S/C9H12O2S/c1-7-6-8(11-12-3)4-5-9(7)10-2/h4-6H,1-3H3. The van der Waals surface area contributed by atoms with E-state index < -0.39 is 0 Å². The van der Waals surface area contributed by atoms with Gasteiger partial charge in [-0.05, 0) is 30.7 Å². The first-order chi connectivity index (χ1) is 5.77. The van der Waals surface area contributed by atoms with E-state index in [2.05, 4.69) is 0 Å². The van der Waals surface area contributed by atoms with E-state index >= 15 is 0 Å². The zero-order valence-corrected chi connectivity index (χ0v) is 8.27. The molecule has 0 bridgehead atoms. The average molecular weight is 184 g/mol. The van der Waals surface area contributed by atoms with Crippen LogP contribution < -0.4 is 8.92 Å². The van der Waals surface area contributed by atoms with Gasteiger partial charge in [0.15, 0.2) is 0 Å². The number of benzene rings is 1. The number of hydrogen-bond donors (Lipinski definition) is 0. The topological polar surface area (TPSA) is 18.5 Å². The number of rotatable bonds is 3. The molecule has 0 aliphatic heterocycles. The molecule has 0 aliphatic carbocycles. The van der Waals surface area contributed by atoms with E-state index in [1.165, 1.54) is 12.0 Å². The largest absolute Gasteiger partial charge is 0.496 e. The maximum absolute atomic E-state index is 5.25. The van der Waals surface area contributed by atoms with Crippen molar-refractivity contribution in [1.82, 2.24) is 0 Å². The first-order valence-corrected chi connectivity index (χ1v) is 4.78. The van der Waals surface area contributed by atoms with E-state index in [4.69, 9.17) is 8.92 Å². The van der Waals surface area contributed by atoms with Gasteiger partial charge in [-0.25, -0.2) is 0 Å². The molecule has 3 heteroatoms. The van der Waals surface area contributed by atoms with Crippen molar-refractivity contribution in [3.8, 4) is 11.5 Å². The summed E-state index contributed by atoms with van der Waals surface area (Å²) in [6.45, 7) is 1.99. The molecular formula is C9H12O2S. The molecule has 0 heterocycles. The lowest BCUT2D eigenvalue weighted by Gasteiger charge is -2.06. The highest BCUT2D eigenvalue weighted by Crippen LogP contribution is 2.24. The highest BCUT2D eigenvalue weighted by Gasteiger charge is 1.99. The summed E-state index contributed by atoms with van der Waals surface area (Å²) in [6.07, 6.45) is 1.89. The Kier molecular flexibility index (Phi) is 3.29. The Morgan fingerprint density at radius 1 is 1.33 bits per heavy atom. The van der Waals surface area contributed by atoms with Crippen molar-refractivity contribution in [2.75, 3.05) is 13.4 Å². The third kappa shape index (κ3) is 2.08. The fourth-order valence-electron chi connectivity index (χ4n) is 0.999. The molecule has 0 atom stereocenters. The van der Waals surface area contributed by atoms with Crippen LogP contribution in [-0.4, -0.2) is 13.4 Å². The van der Waals surface area contributed by atoms with Crippen molar-refractivity contribution in [2.24, 2.45) is 0 Å². The van der Waals surface area contributed by atoms with E-state index in [-0.39, 0.29) is 0 Å². The monoisotopic (exact) mass is 184 g/mol. The highest BCUT2D eigenvalue weighted by atomic mass is 32.2. The lowest BCUT2D eigenvalue weighted by Crippen LogP contribution is -1.87. The molecule has 0 saturated carbocycles. The molecule has 1 aromatic carbocycles. The van der Waals surface area contributed by atoms with E-state index in [9.17, 15) is 0 Å². The highest BCUT2D eigenvalue weighted by molar-refractivity contribution is 7.94. The van der Waals surface area contributed by atoms with Crippen molar-refractivity contribution in [2.45, 2.75) is 6.92 Å². The van der Waals surface area contributed by atoms with Gasteiger partial charge in [0.1, 0.15) is 11.5 Å². The second kappa shape index (κ2) is 4.26. The number of methoxy groups -OCH3 is 1. The van der Waals surface area contributed by atoms with Gasteiger partial charge < -0.3 is 8.92 Å². The molecule has 0 aliphatic rings. The molecule has 1 rings (SSSR count). The summed E-state index contributed by atoms with van der Waals surface area (Å²) < 4.78 is 10.4. The van der Waals surface area contributed by atoms with Gasteiger partial charge in [-0.2, -0.15) is 0 Å². The van der Waals surface area contributed by atoms with Crippen LogP contribution >= 0.6 is 12.0 Å². The Hall–Kier alpha value is -0.830. The Labute approximate surface area is 77.1 Å². The van der Waals surface area contributed by atoms with Crippen molar-refractivity contribution in [3.05, 3.63) is 23.8 Å². The minimum atomic E-state index is 0.862. The van der Waals surface area contributed by atoms with E-state index in [1.54, 1.807) is 7.11 Å². The summed E-state index contributed by atoms with van der Waals surface area (Å²) in [6, 6.07) is 5.75. The molecule has 2 nitrogen and oxygen atoms in total. The molecule has 0 aromatic heterocycles. The summed E-state index contributed by atoms with van der Waals surface area (Å²) in [5.74, 6) is 1.75. The Morgan fingerprint density at radius 3 is 2.58 bits per heavy atom. The number of aryl methyl sites for hydroxylation is 1. The maximum Gasteiger partial charge on any atom is 0.137 e. The van der Waals surface area contributed by atoms with Gasteiger partial charge in [-0.3, -0.25) is 0 Å². The first kappa shape index (κ1) is 9.26. The van der Waals surface area contributed by atoms with Crippen molar-refractivity contribution in [3.63, 3.8) is 0 Å². The molecule has 66 valence electrons. The second-order valence-electron chi connectivity index (χ2n) is 2.38. The van der Waals surface area contributed by atoms with Crippen molar-refractivity contribution >= 4 is 12.0 Å². The SMILES string of the molecule is COc1ccc(OSC)cc1C. The predicted molar refractivity (Wildman–Crippen MR) is 51.9 cm³/mol. The van der Waals surface area contributed by atoms with Crippen molar-refractivity contribution in [1.29, 1.82) is 0 Å². The van der Waals surface area contributed by atoms with Crippen LogP contribution in [0.25, 0.3) is 0 Å². The van der Waals surface area contributed by atoms with Crippen LogP contribution in [0.3, 0.4) is 0 Å². The van der Waals surface area contributed by atoms with Crippen LogP contribution in [0.15, 0.2) is 18.2 Å². The molecule has 0 amide bonds. The van der Waals surface area contributed by atoms with E-state index in [0.29, 0.717) is 0 Å². The molecular weight excluding hydrogens is 172 g/mol. The molecule has 0 spiro atoms. The quantitative estimate of drug-likeness (QED) is 0.673. The van der Waals surface area contributed by atoms with Crippen LogP contribution in [-0.2, 0) is 0 Å².